The zero-order valence-corrected chi connectivity index (χ0v) is 13.0. The van der Waals surface area contributed by atoms with Crippen molar-refractivity contribution < 1.29 is 13.2 Å². The molecule has 6 nitrogen and oxygen atoms in total. The monoisotopic (exact) mass is 301 g/mol. The van der Waals surface area contributed by atoms with Crippen LogP contribution in [0.15, 0.2) is 24.3 Å². The number of hydrogen-bond donors (Lipinski definition) is 2. The Labute approximate surface area is 121 Å². The standard InChI is InChI=1S/C13H23N3O3S/c1-14-8-5-9-15-20(17,18)16(2)11-12-6-4-7-13(10-12)19-3/h4,6-7,10,14-15H,5,8-9,11H2,1-3H3. The number of hydrogen-bond acceptors (Lipinski definition) is 4. The lowest BCUT2D eigenvalue weighted by Gasteiger charge is -2.18. The van der Waals surface area contributed by atoms with Gasteiger partial charge in [0.25, 0.3) is 10.2 Å². The predicted octanol–water partition coefficient (Wildman–Crippen LogP) is 0.571. The lowest BCUT2D eigenvalue weighted by atomic mass is 10.2. The number of rotatable bonds is 9. The first kappa shape index (κ1) is 16.9. The average Bonchev–Trinajstić information content (AvgIpc) is 2.44. The largest absolute Gasteiger partial charge is 0.497 e. The normalized spacial score (nSPS) is 11.8. The van der Waals surface area contributed by atoms with E-state index in [2.05, 4.69) is 10.0 Å². The van der Waals surface area contributed by atoms with Gasteiger partial charge < -0.3 is 10.1 Å². The molecule has 0 heterocycles. The summed E-state index contributed by atoms with van der Waals surface area (Å²) in [5.74, 6) is 0.718. The van der Waals surface area contributed by atoms with E-state index in [0.29, 0.717) is 13.1 Å². The maximum absolute atomic E-state index is 12.0. The van der Waals surface area contributed by atoms with Gasteiger partial charge in [0.05, 0.1) is 7.11 Å². The quantitative estimate of drug-likeness (QED) is 0.654. The highest BCUT2D eigenvalue weighted by atomic mass is 32.2. The Balaban J connectivity index is 2.57. The van der Waals surface area contributed by atoms with Crippen LogP contribution in [0.5, 0.6) is 5.75 Å². The molecule has 0 amide bonds. The number of nitrogens with one attached hydrogen (secondary N) is 2. The molecule has 0 aliphatic carbocycles. The molecular formula is C13H23N3O3S. The second-order valence-corrected chi connectivity index (χ2v) is 6.33. The maximum Gasteiger partial charge on any atom is 0.279 e. The van der Waals surface area contributed by atoms with Crippen molar-refractivity contribution in [1.82, 2.24) is 14.3 Å². The molecule has 7 heteroatoms. The van der Waals surface area contributed by atoms with E-state index in [-0.39, 0.29) is 0 Å². The molecule has 0 aromatic heterocycles. The third kappa shape index (κ3) is 5.46. The zero-order chi connectivity index (χ0) is 15.0. The molecule has 20 heavy (non-hydrogen) atoms. The minimum atomic E-state index is -3.44. The van der Waals surface area contributed by atoms with Gasteiger partial charge in [-0.2, -0.15) is 12.7 Å². The molecule has 0 radical (unpaired) electrons. The number of methoxy groups -OCH3 is 1. The molecule has 0 unspecified atom stereocenters. The first-order valence-electron chi connectivity index (χ1n) is 6.48. The summed E-state index contributed by atoms with van der Waals surface area (Å²) >= 11 is 0. The Kier molecular flexibility index (Phi) is 6.94. The van der Waals surface area contributed by atoms with Crippen LogP contribution in [0.4, 0.5) is 0 Å². The fourth-order valence-electron chi connectivity index (χ4n) is 1.69. The summed E-state index contributed by atoms with van der Waals surface area (Å²) in [6.07, 6.45) is 0.753. The van der Waals surface area contributed by atoms with Crippen LogP contribution >= 0.6 is 0 Å². The van der Waals surface area contributed by atoms with Gasteiger partial charge in [0.2, 0.25) is 0 Å². The molecule has 0 bridgehead atoms. The molecule has 1 rings (SSSR count). The molecule has 0 atom stereocenters. The van der Waals surface area contributed by atoms with Gasteiger partial charge in [-0.05, 0) is 37.7 Å². The summed E-state index contributed by atoms with van der Waals surface area (Å²) in [5, 5.41) is 2.97. The van der Waals surface area contributed by atoms with E-state index in [1.807, 2.05) is 31.3 Å². The third-order valence-electron chi connectivity index (χ3n) is 2.84. The van der Waals surface area contributed by atoms with Gasteiger partial charge in [0.1, 0.15) is 5.75 Å². The highest BCUT2D eigenvalue weighted by Gasteiger charge is 2.17. The van der Waals surface area contributed by atoms with E-state index in [4.69, 9.17) is 4.74 Å². The van der Waals surface area contributed by atoms with Crippen molar-refractivity contribution in [2.24, 2.45) is 0 Å². The molecule has 0 spiro atoms. The van der Waals surface area contributed by atoms with Crippen LogP contribution in [-0.4, -0.2) is 47.0 Å². The van der Waals surface area contributed by atoms with Crippen LogP contribution in [0.2, 0.25) is 0 Å². The Morgan fingerprint density at radius 1 is 1.30 bits per heavy atom. The second-order valence-electron chi connectivity index (χ2n) is 4.46. The first-order valence-corrected chi connectivity index (χ1v) is 7.92. The second kappa shape index (κ2) is 8.21. The fraction of sp³-hybridized carbons (Fsp3) is 0.538. The molecule has 0 aliphatic rings. The molecule has 0 fully saturated rings. The highest BCUT2D eigenvalue weighted by Crippen LogP contribution is 2.14. The smallest absolute Gasteiger partial charge is 0.279 e. The van der Waals surface area contributed by atoms with Crippen LogP contribution in [0.3, 0.4) is 0 Å². The topological polar surface area (TPSA) is 70.7 Å². The lowest BCUT2D eigenvalue weighted by molar-refractivity contribution is 0.412. The molecule has 1 aromatic carbocycles. The molecule has 114 valence electrons. The van der Waals surface area contributed by atoms with Crippen LogP contribution < -0.4 is 14.8 Å². The summed E-state index contributed by atoms with van der Waals surface area (Å²) in [7, 11) is 1.53. The number of ether oxygens (including phenoxy) is 1. The van der Waals surface area contributed by atoms with E-state index in [0.717, 1.165) is 24.3 Å². The van der Waals surface area contributed by atoms with Gasteiger partial charge in [-0.15, -0.1) is 0 Å². The Bertz CT molecular complexity index is 505. The lowest BCUT2D eigenvalue weighted by Crippen LogP contribution is -2.38. The number of nitrogens with zero attached hydrogens (tertiary/aromatic N) is 1. The average molecular weight is 301 g/mol. The van der Waals surface area contributed by atoms with Crippen LogP contribution in [-0.2, 0) is 16.8 Å². The fourth-order valence-corrected chi connectivity index (χ4v) is 2.63. The van der Waals surface area contributed by atoms with Crippen molar-refractivity contribution in [3.63, 3.8) is 0 Å². The van der Waals surface area contributed by atoms with E-state index in [1.54, 1.807) is 14.2 Å². The van der Waals surface area contributed by atoms with Gasteiger partial charge >= 0.3 is 0 Å². The SMILES string of the molecule is CNCCCNS(=O)(=O)N(C)Cc1cccc(OC)c1. The van der Waals surface area contributed by atoms with Crippen molar-refractivity contribution in [3.05, 3.63) is 29.8 Å². The number of benzene rings is 1. The maximum atomic E-state index is 12.0. The highest BCUT2D eigenvalue weighted by molar-refractivity contribution is 7.87. The van der Waals surface area contributed by atoms with Crippen molar-refractivity contribution in [3.8, 4) is 5.75 Å². The van der Waals surface area contributed by atoms with Gasteiger partial charge in [-0.1, -0.05) is 12.1 Å². The third-order valence-corrected chi connectivity index (χ3v) is 4.36. The molecule has 0 aliphatic heterocycles. The Morgan fingerprint density at radius 3 is 2.70 bits per heavy atom. The van der Waals surface area contributed by atoms with Gasteiger partial charge in [0, 0.05) is 20.1 Å². The predicted molar refractivity (Wildman–Crippen MR) is 79.9 cm³/mol. The summed E-state index contributed by atoms with van der Waals surface area (Å²) in [6, 6.07) is 7.37. The Morgan fingerprint density at radius 2 is 2.05 bits per heavy atom. The zero-order valence-electron chi connectivity index (χ0n) is 12.2. The summed E-state index contributed by atoms with van der Waals surface area (Å²) < 4.78 is 33.0. The van der Waals surface area contributed by atoms with Crippen molar-refractivity contribution in [2.45, 2.75) is 13.0 Å². The van der Waals surface area contributed by atoms with Gasteiger partial charge in [0.15, 0.2) is 0 Å². The molecule has 2 N–H and O–H groups in total. The van der Waals surface area contributed by atoms with E-state index >= 15 is 0 Å². The Hall–Kier alpha value is -1.15. The van der Waals surface area contributed by atoms with Crippen LogP contribution in [0, 0.1) is 0 Å². The molecule has 1 aromatic rings. The van der Waals surface area contributed by atoms with E-state index < -0.39 is 10.2 Å². The van der Waals surface area contributed by atoms with Gasteiger partial charge in [-0.3, -0.25) is 0 Å². The van der Waals surface area contributed by atoms with Crippen molar-refractivity contribution >= 4 is 10.2 Å². The van der Waals surface area contributed by atoms with Crippen LogP contribution in [0.25, 0.3) is 0 Å². The molecule has 0 saturated carbocycles. The molecule has 0 saturated heterocycles. The van der Waals surface area contributed by atoms with Crippen LogP contribution in [0.1, 0.15) is 12.0 Å². The van der Waals surface area contributed by atoms with Crippen molar-refractivity contribution in [2.75, 3.05) is 34.3 Å². The van der Waals surface area contributed by atoms with E-state index in [9.17, 15) is 8.42 Å². The summed E-state index contributed by atoms with van der Waals surface area (Å²) in [5.41, 5.74) is 0.882. The minimum absolute atomic E-state index is 0.304. The summed E-state index contributed by atoms with van der Waals surface area (Å²) in [4.78, 5) is 0. The summed E-state index contributed by atoms with van der Waals surface area (Å²) in [6.45, 7) is 1.51. The van der Waals surface area contributed by atoms with E-state index in [1.165, 1.54) is 4.31 Å². The molecular weight excluding hydrogens is 278 g/mol. The van der Waals surface area contributed by atoms with Crippen molar-refractivity contribution in [1.29, 1.82) is 0 Å². The first-order chi connectivity index (χ1) is 9.49. The van der Waals surface area contributed by atoms with Gasteiger partial charge in [-0.25, -0.2) is 4.72 Å². The minimum Gasteiger partial charge on any atom is -0.497 e.